The molecule has 0 bridgehead atoms. The maximum atomic E-state index is 12.9. The first-order chi connectivity index (χ1) is 11.1. The van der Waals surface area contributed by atoms with E-state index in [9.17, 15) is 14.0 Å². The molecule has 1 fully saturated rings. The molecule has 0 aliphatic carbocycles. The summed E-state index contributed by atoms with van der Waals surface area (Å²) in [5.74, 6) is -0.371. The molecule has 1 aromatic heterocycles. The summed E-state index contributed by atoms with van der Waals surface area (Å²) in [5, 5.41) is 7.93. The zero-order valence-electron chi connectivity index (χ0n) is 12.0. The molecule has 2 N–H and O–H groups in total. The molecule has 1 aromatic carbocycles. The topological polar surface area (TPSA) is 70.7 Å². The number of anilines is 2. The first-order valence-corrected chi connectivity index (χ1v) is 7.82. The number of nitrogens with zero attached hydrogens (tertiary/aromatic N) is 1. The Hall–Kier alpha value is -2.61. The fourth-order valence-electron chi connectivity index (χ4n) is 2.17. The molecule has 1 saturated heterocycles. The van der Waals surface area contributed by atoms with E-state index < -0.39 is 12.2 Å². The van der Waals surface area contributed by atoms with Crippen molar-refractivity contribution in [2.45, 2.75) is 6.10 Å². The van der Waals surface area contributed by atoms with Gasteiger partial charge in [-0.2, -0.15) is 0 Å². The predicted octanol–water partition coefficient (Wildman–Crippen LogP) is 3.03. The summed E-state index contributed by atoms with van der Waals surface area (Å²) in [4.78, 5) is 25.0. The molecular formula is C15H14FN3O3S. The van der Waals surface area contributed by atoms with E-state index >= 15 is 0 Å². The average Bonchev–Trinajstić information content (AvgIpc) is 3.16. The molecule has 0 radical (unpaired) electrons. The molecule has 0 saturated carbocycles. The van der Waals surface area contributed by atoms with Gasteiger partial charge in [-0.3, -0.25) is 10.2 Å². The second kappa shape index (κ2) is 6.66. The van der Waals surface area contributed by atoms with Crippen LogP contribution in [0, 0.1) is 5.82 Å². The molecule has 1 aliphatic rings. The van der Waals surface area contributed by atoms with Crippen molar-refractivity contribution in [3.8, 4) is 0 Å². The van der Waals surface area contributed by atoms with Crippen molar-refractivity contribution in [3.05, 3.63) is 47.6 Å². The first-order valence-electron chi connectivity index (χ1n) is 6.94. The van der Waals surface area contributed by atoms with Crippen LogP contribution in [0.1, 0.15) is 0 Å². The SMILES string of the molecule is O=C(NC[C@H]1CN(c2ccc(F)cc2)C(=O)O1)Nc1cccs1. The standard InChI is InChI=1S/C15H14FN3O3S/c16-10-3-5-11(6-4-10)19-9-12(22-15(19)21)8-17-14(20)18-13-2-1-7-23-13/h1-7,12H,8-9H2,(H2,17,18,20)/t12-/m0/s1. The summed E-state index contributed by atoms with van der Waals surface area (Å²) in [5.41, 5.74) is 0.557. The number of amides is 3. The fourth-order valence-corrected chi connectivity index (χ4v) is 2.78. The molecule has 0 spiro atoms. The summed E-state index contributed by atoms with van der Waals surface area (Å²) in [6.45, 7) is 0.490. The molecule has 6 nitrogen and oxygen atoms in total. The van der Waals surface area contributed by atoms with Crippen molar-refractivity contribution in [2.75, 3.05) is 23.3 Å². The third kappa shape index (κ3) is 3.78. The van der Waals surface area contributed by atoms with Gasteiger partial charge in [0.05, 0.1) is 18.1 Å². The Bertz CT molecular complexity index is 691. The average molecular weight is 335 g/mol. The van der Waals surface area contributed by atoms with E-state index in [1.165, 1.54) is 40.5 Å². The molecule has 1 atom stereocenters. The van der Waals surface area contributed by atoms with Crippen LogP contribution in [0.15, 0.2) is 41.8 Å². The predicted molar refractivity (Wildman–Crippen MR) is 85.4 cm³/mol. The van der Waals surface area contributed by atoms with Gasteiger partial charge in [-0.15, -0.1) is 11.3 Å². The summed E-state index contributed by atoms with van der Waals surface area (Å²) >= 11 is 1.41. The largest absolute Gasteiger partial charge is 0.442 e. The lowest BCUT2D eigenvalue weighted by molar-refractivity contribution is 0.141. The molecule has 2 heterocycles. The van der Waals surface area contributed by atoms with E-state index in [1.54, 1.807) is 6.07 Å². The van der Waals surface area contributed by atoms with Gasteiger partial charge in [-0.1, -0.05) is 0 Å². The van der Waals surface area contributed by atoms with Crippen molar-refractivity contribution < 1.29 is 18.7 Å². The van der Waals surface area contributed by atoms with Crippen LogP contribution in [0.2, 0.25) is 0 Å². The van der Waals surface area contributed by atoms with Gasteiger partial charge in [0, 0.05) is 5.69 Å². The molecule has 2 aromatic rings. The highest BCUT2D eigenvalue weighted by Gasteiger charge is 2.32. The summed E-state index contributed by atoms with van der Waals surface area (Å²) in [6.07, 6.45) is -0.969. The molecule has 120 valence electrons. The van der Waals surface area contributed by atoms with Crippen molar-refractivity contribution >= 4 is 34.1 Å². The lowest BCUT2D eigenvalue weighted by atomic mass is 10.2. The third-order valence-electron chi connectivity index (χ3n) is 3.26. The summed E-state index contributed by atoms with van der Waals surface area (Å²) in [7, 11) is 0. The van der Waals surface area contributed by atoms with E-state index in [4.69, 9.17) is 4.74 Å². The zero-order valence-corrected chi connectivity index (χ0v) is 12.8. The molecule has 3 amide bonds. The second-order valence-corrected chi connectivity index (χ2v) is 5.85. The zero-order chi connectivity index (χ0) is 16.2. The first kappa shape index (κ1) is 15.3. The van der Waals surface area contributed by atoms with Crippen molar-refractivity contribution in [1.82, 2.24) is 5.32 Å². The highest BCUT2D eigenvalue weighted by atomic mass is 32.1. The number of carbonyl (C=O) groups is 2. The minimum absolute atomic E-state index is 0.195. The molecule has 23 heavy (non-hydrogen) atoms. The van der Waals surface area contributed by atoms with E-state index in [1.807, 2.05) is 11.4 Å². The van der Waals surface area contributed by atoms with Crippen LogP contribution in [-0.4, -0.2) is 31.3 Å². The number of hydrogen-bond acceptors (Lipinski definition) is 4. The van der Waals surface area contributed by atoms with Gasteiger partial charge in [0.25, 0.3) is 0 Å². The smallest absolute Gasteiger partial charge is 0.414 e. The molecule has 3 rings (SSSR count). The molecule has 1 aliphatic heterocycles. The number of nitrogens with one attached hydrogen (secondary N) is 2. The molecule has 0 unspecified atom stereocenters. The third-order valence-corrected chi connectivity index (χ3v) is 4.05. The fraction of sp³-hybridized carbons (Fsp3) is 0.200. The van der Waals surface area contributed by atoms with Crippen molar-refractivity contribution in [1.29, 1.82) is 0 Å². The Morgan fingerprint density at radius 3 is 2.83 bits per heavy atom. The number of urea groups is 1. The van der Waals surface area contributed by atoms with Crippen molar-refractivity contribution in [2.24, 2.45) is 0 Å². The van der Waals surface area contributed by atoms with Crippen LogP contribution in [0.4, 0.5) is 24.7 Å². The van der Waals surface area contributed by atoms with E-state index in [0.29, 0.717) is 12.2 Å². The van der Waals surface area contributed by atoms with E-state index in [-0.39, 0.29) is 18.4 Å². The van der Waals surface area contributed by atoms with Crippen LogP contribution in [0.25, 0.3) is 0 Å². The number of benzene rings is 1. The van der Waals surface area contributed by atoms with Gasteiger partial charge in [-0.25, -0.2) is 14.0 Å². The maximum absolute atomic E-state index is 12.9. The Morgan fingerprint density at radius 2 is 2.13 bits per heavy atom. The van der Waals surface area contributed by atoms with Crippen LogP contribution < -0.4 is 15.5 Å². The van der Waals surface area contributed by atoms with Crippen LogP contribution in [-0.2, 0) is 4.74 Å². The van der Waals surface area contributed by atoms with Gasteiger partial charge in [0.15, 0.2) is 0 Å². The highest BCUT2D eigenvalue weighted by molar-refractivity contribution is 7.14. The molecular weight excluding hydrogens is 321 g/mol. The number of ether oxygens (including phenoxy) is 1. The number of hydrogen-bond donors (Lipinski definition) is 2. The van der Waals surface area contributed by atoms with Gasteiger partial charge in [0.1, 0.15) is 11.9 Å². The van der Waals surface area contributed by atoms with Crippen LogP contribution >= 0.6 is 11.3 Å². The monoisotopic (exact) mass is 335 g/mol. The van der Waals surface area contributed by atoms with Gasteiger partial charge in [0.2, 0.25) is 0 Å². The number of cyclic esters (lactones) is 1. The highest BCUT2D eigenvalue weighted by Crippen LogP contribution is 2.21. The Labute approximate surface area is 135 Å². The number of thiophene rings is 1. The number of halogens is 1. The van der Waals surface area contributed by atoms with Gasteiger partial charge in [-0.05, 0) is 41.8 Å². The maximum Gasteiger partial charge on any atom is 0.414 e. The molecule has 8 heteroatoms. The van der Waals surface area contributed by atoms with Gasteiger partial charge < -0.3 is 10.1 Å². The lowest BCUT2D eigenvalue weighted by Gasteiger charge is -2.13. The lowest BCUT2D eigenvalue weighted by Crippen LogP contribution is -2.37. The Kier molecular flexibility index (Phi) is 4.42. The quantitative estimate of drug-likeness (QED) is 0.902. The minimum Gasteiger partial charge on any atom is -0.442 e. The number of rotatable bonds is 4. The van der Waals surface area contributed by atoms with Gasteiger partial charge >= 0.3 is 12.1 Å². The summed E-state index contributed by atoms with van der Waals surface area (Å²) < 4.78 is 18.1. The van der Waals surface area contributed by atoms with E-state index in [0.717, 1.165) is 5.00 Å². The Balaban J connectivity index is 1.51. The normalized spacial score (nSPS) is 17.0. The van der Waals surface area contributed by atoms with E-state index in [2.05, 4.69) is 10.6 Å². The second-order valence-electron chi connectivity index (χ2n) is 4.91. The Morgan fingerprint density at radius 1 is 1.35 bits per heavy atom. The van der Waals surface area contributed by atoms with Crippen molar-refractivity contribution in [3.63, 3.8) is 0 Å². The van der Waals surface area contributed by atoms with Crippen LogP contribution in [0.3, 0.4) is 0 Å². The minimum atomic E-state index is -0.512. The van der Waals surface area contributed by atoms with Crippen LogP contribution in [0.5, 0.6) is 0 Å². The number of carbonyl (C=O) groups excluding carboxylic acids is 2. The summed E-state index contributed by atoms with van der Waals surface area (Å²) in [6, 6.07) is 8.84.